The maximum atomic E-state index is 12.2. The molecule has 0 aromatic heterocycles. The fraction of sp³-hybridized carbons (Fsp3) is 0.556. The quantitative estimate of drug-likeness (QED) is 0.877. The minimum atomic E-state index is -0.432. The largest absolute Gasteiger partial charge is 0.484 e. The van der Waals surface area contributed by atoms with Gasteiger partial charge in [-0.2, -0.15) is 0 Å². The van der Waals surface area contributed by atoms with E-state index >= 15 is 0 Å². The Hall–Kier alpha value is -2.04. The van der Waals surface area contributed by atoms with E-state index in [0.29, 0.717) is 18.2 Å². The lowest BCUT2D eigenvalue weighted by Crippen LogP contribution is -2.36. The SMILES string of the molecule is CC(C)CNC(=O)COc1ccc(N(C)C(=O)C(C)(C)C)cc1. The molecule has 0 fully saturated rings. The van der Waals surface area contributed by atoms with Crippen molar-refractivity contribution in [2.75, 3.05) is 25.1 Å². The summed E-state index contributed by atoms with van der Waals surface area (Å²) in [5, 5.41) is 2.80. The molecule has 0 bridgehead atoms. The highest BCUT2D eigenvalue weighted by Gasteiger charge is 2.25. The zero-order valence-electron chi connectivity index (χ0n) is 15.0. The van der Waals surface area contributed by atoms with Crippen molar-refractivity contribution < 1.29 is 14.3 Å². The third-order valence-electron chi connectivity index (χ3n) is 3.25. The van der Waals surface area contributed by atoms with E-state index < -0.39 is 5.41 Å². The fourth-order valence-corrected chi connectivity index (χ4v) is 1.90. The first-order chi connectivity index (χ1) is 10.6. The highest BCUT2D eigenvalue weighted by molar-refractivity contribution is 5.96. The highest BCUT2D eigenvalue weighted by atomic mass is 16.5. The monoisotopic (exact) mass is 320 g/mol. The molecule has 0 radical (unpaired) electrons. The number of benzene rings is 1. The van der Waals surface area contributed by atoms with Gasteiger partial charge in [-0.3, -0.25) is 9.59 Å². The number of nitrogens with one attached hydrogen (secondary N) is 1. The van der Waals surface area contributed by atoms with Crippen molar-refractivity contribution in [3.05, 3.63) is 24.3 Å². The molecular weight excluding hydrogens is 292 g/mol. The molecular formula is C18H28N2O3. The molecule has 1 rings (SSSR count). The molecule has 5 heteroatoms. The summed E-state index contributed by atoms with van der Waals surface area (Å²) in [6.45, 7) is 10.4. The van der Waals surface area contributed by atoms with Crippen LogP contribution in [0.3, 0.4) is 0 Å². The molecule has 1 N–H and O–H groups in total. The average Bonchev–Trinajstić information content (AvgIpc) is 2.49. The molecule has 23 heavy (non-hydrogen) atoms. The van der Waals surface area contributed by atoms with Gasteiger partial charge in [0, 0.05) is 24.7 Å². The van der Waals surface area contributed by atoms with E-state index in [1.807, 2.05) is 46.8 Å². The standard InChI is InChI=1S/C18H28N2O3/c1-13(2)11-19-16(21)12-23-15-9-7-14(8-10-15)20(6)17(22)18(3,4)5/h7-10,13H,11-12H2,1-6H3,(H,19,21). The summed E-state index contributed by atoms with van der Waals surface area (Å²) in [6, 6.07) is 7.14. The van der Waals surface area contributed by atoms with Crippen LogP contribution in [-0.2, 0) is 9.59 Å². The van der Waals surface area contributed by atoms with Gasteiger partial charge in [-0.25, -0.2) is 0 Å². The summed E-state index contributed by atoms with van der Waals surface area (Å²) in [4.78, 5) is 25.5. The molecule has 5 nitrogen and oxygen atoms in total. The van der Waals surface area contributed by atoms with Crippen molar-refractivity contribution in [1.82, 2.24) is 5.32 Å². The van der Waals surface area contributed by atoms with Gasteiger partial charge in [0.1, 0.15) is 5.75 Å². The molecule has 0 aliphatic heterocycles. The molecule has 0 aliphatic rings. The van der Waals surface area contributed by atoms with Gasteiger partial charge in [-0.05, 0) is 30.2 Å². The van der Waals surface area contributed by atoms with Crippen molar-refractivity contribution >= 4 is 17.5 Å². The summed E-state index contributed by atoms with van der Waals surface area (Å²) < 4.78 is 5.45. The summed E-state index contributed by atoms with van der Waals surface area (Å²) >= 11 is 0. The normalized spacial score (nSPS) is 11.3. The molecule has 0 saturated heterocycles. The van der Waals surface area contributed by atoms with Gasteiger partial charge in [0.2, 0.25) is 5.91 Å². The Balaban J connectivity index is 2.57. The zero-order chi connectivity index (χ0) is 17.6. The van der Waals surface area contributed by atoms with Gasteiger partial charge in [0.05, 0.1) is 0 Å². The number of ether oxygens (including phenoxy) is 1. The second-order valence-electron chi connectivity index (χ2n) is 7.09. The molecule has 0 saturated carbocycles. The van der Waals surface area contributed by atoms with Crippen molar-refractivity contribution in [3.63, 3.8) is 0 Å². The Morgan fingerprint density at radius 2 is 1.74 bits per heavy atom. The Morgan fingerprint density at radius 3 is 2.22 bits per heavy atom. The van der Waals surface area contributed by atoms with E-state index in [9.17, 15) is 9.59 Å². The molecule has 2 amide bonds. The van der Waals surface area contributed by atoms with Crippen molar-refractivity contribution in [3.8, 4) is 5.75 Å². The number of amides is 2. The summed E-state index contributed by atoms with van der Waals surface area (Å²) in [5.74, 6) is 0.918. The van der Waals surface area contributed by atoms with Crippen LogP contribution in [0.15, 0.2) is 24.3 Å². The van der Waals surface area contributed by atoms with E-state index in [0.717, 1.165) is 5.69 Å². The van der Waals surface area contributed by atoms with Crippen LogP contribution in [-0.4, -0.2) is 32.0 Å². The number of hydrogen-bond donors (Lipinski definition) is 1. The Labute approximate surface area is 139 Å². The summed E-state index contributed by atoms with van der Waals surface area (Å²) in [6.07, 6.45) is 0. The first kappa shape index (κ1) is 19.0. The van der Waals surface area contributed by atoms with E-state index in [1.165, 1.54) is 0 Å². The van der Waals surface area contributed by atoms with Crippen LogP contribution in [0.2, 0.25) is 0 Å². The predicted molar refractivity (Wildman–Crippen MR) is 92.6 cm³/mol. The Kier molecular flexibility index (Phi) is 6.61. The molecule has 0 atom stereocenters. The van der Waals surface area contributed by atoms with Gasteiger partial charge in [0.15, 0.2) is 6.61 Å². The van der Waals surface area contributed by atoms with Gasteiger partial charge in [0.25, 0.3) is 5.91 Å². The lowest BCUT2D eigenvalue weighted by Gasteiger charge is -2.26. The number of anilines is 1. The third-order valence-corrected chi connectivity index (χ3v) is 3.25. The third kappa shape index (κ3) is 6.30. The van der Waals surface area contributed by atoms with Crippen LogP contribution in [0.25, 0.3) is 0 Å². The molecule has 0 unspecified atom stereocenters. The van der Waals surface area contributed by atoms with Crippen molar-refractivity contribution in [2.45, 2.75) is 34.6 Å². The molecule has 0 heterocycles. The minimum absolute atomic E-state index is 0.0111. The number of carbonyl (C=O) groups is 2. The minimum Gasteiger partial charge on any atom is -0.484 e. The van der Waals surface area contributed by atoms with Crippen LogP contribution in [0, 0.1) is 11.3 Å². The maximum Gasteiger partial charge on any atom is 0.257 e. The van der Waals surface area contributed by atoms with Gasteiger partial charge in [-0.15, -0.1) is 0 Å². The number of hydrogen-bond acceptors (Lipinski definition) is 3. The number of rotatable bonds is 6. The second-order valence-corrected chi connectivity index (χ2v) is 7.09. The number of nitrogens with zero attached hydrogens (tertiary/aromatic N) is 1. The summed E-state index contributed by atoms with van der Waals surface area (Å²) in [7, 11) is 1.75. The molecule has 1 aromatic rings. The first-order valence-corrected chi connectivity index (χ1v) is 7.89. The zero-order valence-corrected chi connectivity index (χ0v) is 15.0. The van der Waals surface area contributed by atoms with Gasteiger partial charge in [-0.1, -0.05) is 34.6 Å². The first-order valence-electron chi connectivity index (χ1n) is 7.89. The van der Waals surface area contributed by atoms with Crippen LogP contribution < -0.4 is 15.0 Å². The second kappa shape index (κ2) is 7.99. The van der Waals surface area contributed by atoms with E-state index in [4.69, 9.17) is 4.74 Å². The van der Waals surface area contributed by atoms with Crippen LogP contribution in [0.1, 0.15) is 34.6 Å². The van der Waals surface area contributed by atoms with Crippen LogP contribution >= 0.6 is 0 Å². The average molecular weight is 320 g/mol. The summed E-state index contributed by atoms with van der Waals surface area (Å²) in [5.41, 5.74) is 0.361. The van der Waals surface area contributed by atoms with Crippen molar-refractivity contribution in [1.29, 1.82) is 0 Å². The molecule has 128 valence electrons. The van der Waals surface area contributed by atoms with Crippen LogP contribution in [0.5, 0.6) is 5.75 Å². The van der Waals surface area contributed by atoms with E-state index in [2.05, 4.69) is 5.32 Å². The van der Waals surface area contributed by atoms with Crippen LogP contribution in [0.4, 0.5) is 5.69 Å². The maximum absolute atomic E-state index is 12.2. The predicted octanol–water partition coefficient (Wildman–Crippen LogP) is 2.85. The fourth-order valence-electron chi connectivity index (χ4n) is 1.90. The topological polar surface area (TPSA) is 58.6 Å². The van der Waals surface area contributed by atoms with Gasteiger partial charge < -0.3 is 15.0 Å². The Bertz CT molecular complexity index is 530. The smallest absolute Gasteiger partial charge is 0.257 e. The highest BCUT2D eigenvalue weighted by Crippen LogP contribution is 2.23. The van der Waals surface area contributed by atoms with Crippen molar-refractivity contribution in [2.24, 2.45) is 11.3 Å². The van der Waals surface area contributed by atoms with Gasteiger partial charge >= 0.3 is 0 Å². The molecule has 0 spiro atoms. The van der Waals surface area contributed by atoms with E-state index in [-0.39, 0.29) is 18.4 Å². The lowest BCUT2D eigenvalue weighted by atomic mass is 9.95. The lowest BCUT2D eigenvalue weighted by molar-refractivity contribution is -0.125. The molecule has 0 aliphatic carbocycles. The molecule has 1 aromatic carbocycles. The number of carbonyl (C=O) groups excluding carboxylic acids is 2. The van der Waals surface area contributed by atoms with E-state index in [1.54, 1.807) is 24.1 Å². The Morgan fingerprint density at radius 1 is 1.17 bits per heavy atom.